The molecule has 1 aliphatic heterocycles. The van der Waals surface area contributed by atoms with Gasteiger partial charge in [0.1, 0.15) is 6.61 Å². The molecule has 3 rings (SSSR count). The fourth-order valence-electron chi connectivity index (χ4n) is 2.43. The number of hydrogen-bond acceptors (Lipinski definition) is 8. The summed E-state index contributed by atoms with van der Waals surface area (Å²) in [5.41, 5.74) is 0.825. The number of carbonyl (C=O) groups is 4. The van der Waals surface area contributed by atoms with Gasteiger partial charge < -0.3 is 24.3 Å². The van der Waals surface area contributed by atoms with Crippen LogP contribution < -0.4 is 10.1 Å². The Morgan fingerprint density at radius 2 is 1.56 bits per heavy atom. The number of nitrogens with one attached hydrogen (secondary N) is 1. The van der Waals surface area contributed by atoms with Crippen LogP contribution in [0, 0.1) is 0 Å². The minimum Gasteiger partial charge on any atom is -0.463 e. The summed E-state index contributed by atoms with van der Waals surface area (Å²) in [6, 6.07) is 16.9. The number of alkyl carbamates (subject to hydrolysis) is 1. The molecule has 1 atom stereocenters. The average Bonchev–Trinajstić information content (AvgIpc) is 3.57. The van der Waals surface area contributed by atoms with E-state index in [4.69, 9.17) is 14.2 Å². The number of ketones is 1. The van der Waals surface area contributed by atoms with Crippen molar-refractivity contribution in [2.75, 3.05) is 13.2 Å². The van der Waals surface area contributed by atoms with E-state index in [-0.39, 0.29) is 26.2 Å². The fourth-order valence-corrected chi connectivity index (χ4v) is 2.43. The zero-order chi connectivity index (χ0) is 23.3. The summed E-state index contributed by atoms with van der Waals surface area (Å²) in [6.07, 6.45) is -2.53. The van der Waals surface area contributed by atoms with Gasteiger partial charge in [-0.3, -0.25) is 9.59 Å². The summed E-state index contributed by atoms with van der Waals surface area (Å²) in [7, 11) is 0. The predicted molar refractivity (Wildman–Crippen MR) is 113 cm³/mol. The van der Waals surface area contributed by atoms with Crippen LogP contribution in [0.2, 0.25) is 0 Å². The van der Waals surface area contributed by atoms with Crippen LogP contribution in [0.25, 0.3) is 0 Å². The molecule has 2 aromatic rings. The van der Waals surface area contributed by atoms with Gasteiger partial charge >= 0.3 is 18.0 Å². The summed E-state index contributed by atoms with van der Waals surface area (Å²) < 4.78 is 19.3. The van der Waals surface area contributed by atoms with Crippen molar-refractivity contribution in [1.82, 2.24) is 5.32 Å². The smallest absolute Gasteiger partial charge is 0.407 e. The Morgan fingerprint density at radius 3 is 2.12 bits per heavy atom. The molecule has 1 unspecified atom stereocenters. The third-order valence-electron chi connectivity index (χ3n) is 3.96. The van der Waals surface area contributed by atoms with Crippen molar-refractivity contribution in [3.8, 4) is 11.5 Å². The molecule has 32 heavy (non-hydrogen) atoms. The highest BCUT2D eigenvalue weighted by Gasteiger charge is 2.30. The van der Waals surface area contributed by atoms with E-state index >= 15 is 0 Å². The maximum atomic E-state index is 12.0. The van der Waals surface area contributed by atoms with Crippen LogP contribution in [0.15, 0.2) is 54.6 Å². The van der Waals surface area contributed by atoms with Crippen LogP contribution in [-0.4, -0.2) is 43.1 Å². The quantitative estimate of drug-likeness (QED) is 0.232. The first-order chi connectivity index (χ1) is 15.4. The number of amides is 1. The molecular formula is C23H25NO8. The molecule has 1 heterocycles. The number of rotatable bonds is 9. The molecule has 1 amide bonds. The SMILES string of the molecule is CCOC(=O)C(OC(C)=O)C(=O)CCNC(=O)OCc1ccccc1.c1ccc2c(c1)O2. The number of ether oxygens (including phenoxy) is 4. The molecule has 1 aliphatic rings. The largest absolute Gasteiger partial charge is 0.463 e. The Bertz CT molecular complexity index is 908. The Morgan fingerprint density at radius 1 is 0.938 bits per heavy atom. The number of para-hydroxylation sites is 2. The van der Waals surface area contributed by atoms with E-state index in [1.807, 2.05) is 42.5 Å². The summed E-state index contributed by atoms with van der Waals surface area (Å²) in [5.74, 6) is -0.321. The van der Waals surface area contributed by atoms with Crippen LogP contribution in [0.3, 0.4) is 0 Å². The minimum absolute atomic E-state index is 0.0495. The second-order valence-corrected chi connectivity index (χ2v) is 6.50. The molecule has 0 radical (unpaired) electrons. The molecule has 170 valence electrons. The Kier molecular flexibility index (Phi) is 9.70. The van der Waals surface area contributed by atoms with Crippen LogP contribution in [0.1, 0.15) is 25.8 Å². The van der Waals surface area contributed by atoms with Crippen LogP contribution >= 0.6 is 0 Å². The molecule has 2 aromatic carbocycles. The van der Waals surface area contributed by atoms with Crippen molar-refractivity contribution in [2.45, 2.75) is 33.0 Å². The first-order valence-corrected chi connectivity index (χ1v) is 9.98. The van der Waals surface area contributed by atoms with E-state index in [0.717, 1.165) is 24.0 Å². The van der Waals surface area contributed by atoms with Gasteiger partial charge in [-0.1, -0.05) is 42.5 Å². The molecule has 9 nitrogen and oxygen atoms in total. The van der Waals surface area contributed by atoms with Gasteiger partial charge in [0.05, 0.1) is 6.61 Å². The van der Waals surface area contributed by atoms with E-state index in [1.165, 1.54) is 0 Å². The lowest BCUT2D eigenvalue weighted by atomic mass is 10.1. The van der Waals surface area contributed by atoms with Gasteiger partial charge in [0.25, 0.3) is 6.10 Å². The van der Waals surface area contributed by atoms with E-state index in [1.54, 1.807) is 19.1 Å². The van der Waals surface area contributed by atoms with Crippen LogP contribution in [-0.2, 0) is 35.2 Å². The monoisotopic (exact) mass is 443 g/mol. The second kappa shape index (κ2) is 12.7. The maximum absolute atomic E-state index is 12.0. The number of benzene rings is 2. The Hall–Kier alpha value is -3.88. The molecule has 0 bridgehead atoms. The van der Waals surface area contributed by atoms with E-state index in [0.29, 0.717) is 0 Å². The molecule has 0 aromatic heterocycles. The minimum atomic E-state index is -1.63. The maximum Gasteiger partial charge on any atom is 0.407 e. The fraction of sp³-hybridized carbons (Fsp3) is 0.304. The van der Waals surface area contributed by atoms with Gasteiger partial charge in [0.2, 0.25) is 0 Å². The molecule has 1 N–H and O–H groups in total. The second-order valence-electron chi connectivity index (χ2n) is 6.50. The van der Waals surface area contributed by atoms with Gasteiger partial charge in [0.15, 0.2) is 17.3 Å². The zero-order valence-electron chi connectivity index (χ0n) is 17.9. The van der Waals surface area contributed by atoms with Crippen molar-refractivity contribution < 1.29 is 38.1 Å². The van der Waals surface area contributed by atoms with Crippen LogP contribution in [0.5, 0.6) is 11.5 Å². The van der Waals surface area contributed by atoms with E-state index < -0.39 is 29.9 Å². The molecular weight excluding hydrogens is 418 g/mol. The number of carbonyl (C=O) groups excluding carboxylic acids is 4. The van der Waals surface area contributed by atoms with Gasteiger partial charge in [-0.2, -0.15) is 0 Å². The number of Topliss-reactive ketones (excluding diaryl/α,β-unsaturated/α-hetero) is 1. The van der Waals surface area contributed by atoms with Crippen molar-refractivity contribution in [2.24, 2.45) is 0 Å². The first-order valence-electron chi connectivity index (χ1n) is 9.98. The van der Waals surface area contributed by atoms with E-state index in [9.17, 15) is 19.2 Å². The Balaban J connectivity index is 0.000000428. The zero-order valence-corrected chi connectivity index (χ0v) is 17.9. The molecule has 0 spiro atoms. The third-order valence-corrected chi connectivity index (χ3v) is 3.96. The highest BCUT2D eigenvalue weighted by atomic mass is 16.6. The molecule has 0 fully saturated rings. The lowest BCUT2D eigenvalue weighted by Gasteiger charge is -2.14. The molecule has 0 aliphatic carbocycles. The number of hydrogen-bond donors (Lipinski definition) is 1. The lowest BCUT2D eigenvalue weighted by Crippen LogP contribution is -2.38. The standard InChI is InChI=1S/C17H21NO7.C6H4O/c1-3-23-16(21)15(25-12(2)19)14(20)9-10-18-17(22)24-11-13-7-5-4-6-8-13;1-2-4-6-5(3-1)7-6/h4-8,15H,3,9-11H2,1-2H3,(H,18,22);1-4H. The van der Waals surface area contributed by atoms with Gasteiger partial charge in [-0.05, 0) is 24.6 Å². The van der Waals surface area contributed by atoms with Crippen molar-refractivity contribution in [3.05, 3.63) is 60.2 Å². The summed E-state index contributed by atoms with van der Waals surface area (Å²) in [6.45, 7) is 2.73. The average molecular weight is 443 g/mol. The van der Waals surface area contributed by atoms with Crippen molar-refractivity contribution in [3.63, 3.8) is 0 Å². The summed E-state index contributed by atoms with van der Waals surface area (Å²) >= 11 is 0. The van der Waals surface area contributed by atoms with Gasteiger partial charge in [0, 0.05) is 19.9 Å². The first kappa shape index (κ1) is 24.4. The number of fused-ring (bicyclic) bond motifs is 1. The van der Waals surface area contributed by atoms with Crippen molar-refractivity contribution in [1.29, 1.82) is 0 Å². The molecule has 0 saturated carbocycles. The third kappa shape index (κ3) is 8.86. The van der Waals surface area contributed by atoms with Crippen molar-refractivity contribution >= 4 is 23.8 Å². The molecule has 9 heteroatoms. The topological polar surface area (TPSA) is 121 Å². The highest BCUT2D eigenvalue weighted by Crippen LogP contribution is 2.43. The predicted octanol–water partition coefficient (Wildman–Crippen LogP) is 3.16. The van der Waals surface area contributed by atoms with Gasteiger partial charge in [-0.15, -0.1) is 0 Å². The van der Waals surface area contributed by atoms with Gasteiger partial charge in [-0.25, -0.2) is 9.59 Å². The normalized spacial score (nSPS) is 11.3. The summed E-state index contributed by atoms with van der Waals surface area (Å²) in [4.78, 5) is 46.2. The number of esters is 2. The lowest BCUT2D eigenvalue weighted by molar-refractivity contribution is -0.170. The molecule has 0 saturated heterocycles. The summed E-state index contributed by atoms with van der Waals surface area (Å²) in [5, 5.41) is 2.39. The highest BCUT2D eigenvalue weighted by molar-refractivity contribution is 6.03. The van der Waals surface area contributed by atoms with Crippen LogP contribution in [0.4, 0.5) is 4.79 Å². The Labute approximate surface area is 185 Å². The van der Waals surface area contributed by atoms with E-state index in [2.05, 4.69) is 10.1 Å².